The van der Waals surface area contributed by atoms with Crippen molar-refractivity contribution in [1.29, 1.82) is 0 Å². The van der Waals surface area contributed by atoms with E-state index in [4.69, 9.17) is 20.8 Å². The molecule has 2 heterocycles. The predicted molar refractivity (Wildman–Crippen MR) is 86.7 cm³/mol. The molecule has 0 atom stereocenters. The van der Waals surface area contributed by atoms with Gasteiger partial charge in [-0.3, -0.25) is 4.79 Å². The zero-order chi connectivity index (χ0) is 17.8. The lowest BCUT2D eigenvalue weighted by Crippen LogP contribution is -2.23. The number of oxazole rings is 1. The van der Waals surface area contributed by atoms with Gasteiger partial charge in [0.25, 0.3) is 5.91 Å². The second-order valence-corrected chi connectivity index (χ2v) is 5.59. The van der Waals surface area contributed by atoms with Crippen molar-refractivity contribution in [3.8, 4) is 5.75 Å². The van der Waals surface area contributed by atoms with E-state index < -0.39 is 11.7 Å². The Morgan fingerprint density at radius 3 is 3.04 bits per heavy atom. The molecule has 0 unspecified atom stereocenters. The van der Waals surface area contributed by atoms with Crippen LogP contribution in [-0.2, 0) is 13.2 Å². The summed E-state index contributed by atoms with van der Waals surface area (Å²) in [5, 5.41) is 2.81. The number of carbonyl (C=O) groups is 1. The van der Waals surface area contributed by atoms with E-state index in [0.717, 1.165) is 11.8 Å². The van der Waals surface area contributed by atoms with E-state index in [0.29, 0.717) is 11.6 Å². The summed E-state index contributed by atoms with van der Waals surface area (Å²) in [4.78, 5) is 23.2. The van der Waals surface area contributed by atoms with E-state index >= 15 is 0 Å². The molecule has 0 saturated heterocycles. The third-order valence-electron chi connectivity index (χ3n) is 3.20. The van der Waals surface area contributed by atoms with Gasteiger partial charge in [-0.2, -0.15) is 0 Å². The highest BCUT2D eigenvalue weighted by Gasteiger charge is 2.13. The van der Waals surface area contributed by atoms with Crippen LogP contribution in [0.15, 0.2) is 35.1 Å². The fraction of sp³-hybridized carbons (Fsp3) is 0.188. The molecule has 7 nitrogen and oxygen atoms in total. The monoisotopic (exact) mass is 364 g/mol. The number of carbonyl (C=O) groups excluding carboxylic acids is 1. The van der Waals surface area contributed by atoms with E-state index in [1.165, 1.54) is 18.4 Å². The summed E-state index contributed by atoms with van der Waals surface area (Å²) < 4.78 is 23.6. The van der Waals surface area contributed by atoms with Gasteiger partial charge >= 0.3 is 0 Å². The Hall–Kier alpha value is -2.87. The SMILES string of the molecule is Cc1cnc(CNC(=O)c2coc(COc3ccc(F)cc3Cl)n2)[nH]1. The van der Waals surface area contributed by atoms with Crippen LogP contribution in [0.1, 0.15) is 27.9 Å². The first-order chi connectivity index (χ1) is 12.0. The second-order valence-electron chi connectivity index (χ2n) is 5.19. The van der Waals surface area contributed by atoms with Crippen molar-refractivity contribution < 1.29 is 18.3 Å². The third-order valence-corrected chi connectivity index (χ3v) is 3.50. The van der Waals surface area contributed by atoms with E-state index in [9.17, 15) is 9.18 Å². The molecular formula is C16H14ClFN4O3. The molecule has 3 aromatic rings. The first-order valence-corrected chi connectivity index (χ1v) is 7.70. The number of aromatic nitrogens is 3. The molecule has 1 aromatic carbocycles. The summed E-state index contributed by atoms with van der Waals surface area (Å²) in [6.07, 6.45) is 2.90. The molecule has 1 amide bonds. The Bertz CT molecular complexity index is 893. The van der Waals surface area contributed by atoms with Crippen molar-refractivity contribution in [1.82, 2.24) is 20.3 Å². The Morgan fingerprint density at radius 1 is 1.48 bits per heavy atom. The van der Waals surface area contributed by atoms with E-state index in [2.05, 4.69) is 20.3 Å². The number of nitrogens with zero attached hydrogens (tertiary/aromatic N) is 2. The summed E-state index contributed by atoms with van der Waals surface area (Å²) in [5.74, 6) is 0.270. The van der Waals surface area contributed by atoms with Crippen molar-refractivity contribution in [2.45, 2.75) is 20.1 Å². The molecule has 130 valence electrons. The fourth-order valence-electron chi connectivity index (χ4n) is 2.02. The zero-order valence-electron chi connectivity index (χ0n) is 13.2. The molecule has 25 heavy (non-hydrogen) atoms. The van der Waals surface area contributed by atoms with Gasteiger partial charge in [0.1, 0.15) is 23.7 Å². The zero-order valence-corrected chi connectivity index (χ0v) is 13.9. The standard InChI is InChI=1S/C16H14ClFN4O3/c1-9-5-19-14(21-9)6-20-16(23)12-7-25-15(22-12)8-24-13-3-2-10(18)4-11(13)17/h2-5,7H,6,8H2,1H3,(H,19,21)(H,20,23). The molecule has 0 fully saturated rings. The van der Waals surface area contributed by atoms with Gasteiger partial charge in [-0.25, -0.2) is 14.4 Å². The molecule has 2 aromatic heterocycles. The van der Waals surface area contributed by atoms with Crippen LogP contribution in [-0.4, -0.2) is 20.9 Å². The molecule has 3 rings (SSSR count). The fourth-order valence-corrected chi connectivity index (χ4v) is 2.25. The van der Waals surface area contributed by atoms with Crippen molar-refractivity contribution in [2.24, 2.45) is 0 Å². The number of nitrogens with one attached hydrogen (secondary N) is 2. The first kappa shape index (κ1) is 17.0. The minimum atomic E-state index is -0.459. The lowest BCUT2D eigenvalue weighted by atomic mass is 10.3. The van der Waals surface area contributed by atoms with E-state index in [1.807, 2.05) is 6.92 Å². The van der Waals surface area contributed by atoms with Crippen molar-refractivity contribution >= 4 is 17.5 Å². The molecule has 0 spiro atoms. The van der Waals surface area contributed by atoms with Gasteiger partial charge < -0.3 is 19.5 Å². The maximum absolute atomic E-state index is 13.0. The third kappa shape index (κ3) is 4.36. The summed E-state index contributed by atoms with van der Waals surface area (Å²) in [5.41, 5.74) is 1.02. The molecule has 2 N–H and O–H groups in total. The van der Waals surface area contributed by atoms with E-state index in [1.54, 1.807) is 6.20 Å². The maximum Gasteiger partial charge on any atom is 0.273 e. The Morgan fingerprint density at radius 2 is 2.32 bits per heavy atom. The van der Waals surface area contributed by atoms with Crippen LogP contribution in [0.2, 0.25) is 5.02 Å². The largest absolute Gasteiger partial charge is 0.482 e. The summed E-state index contributed by atoms with van der Waals surface area (Å²) >= 11 is 5.86. The number of aromatic amines is 1. The summed E-state index contributed by atoms with van der Waals surface area (Å²) in [6, 6.07) is 3.77. The highest BCUT2D eigenvalue weighted by atomic mass is 35.5. The number of benzene rings is 1. The van der Waals surface area contributed by atoms with Crippen LogP contribution < -0.4 is 10.1 Å². The molecular weight excluding hydrogens is 351 g/mol. The highest BCUT2D eigenvalue weighted by molar-refractivity contribution is 6.32. The number of hydrogen-bond acceptors (Lipinski definition) is 5. The van der Waals surface area contributed by atoms with Gasteiger partial charge in [-0.1, -0.05) is 11.6 Å². The summed E-state index contributed by atoms with van der Waals surface area (Å²) in [6.45, 7) is 2.07. The lowest BCUT2D eigenvalue weighted by molar-refractivity contribution is 0.0945. The minimum Gasteiger partial charge on any atom is -0.482 e. The van der Waals surface area contributed by atoms with Crippen LogP contribution in [0.25, 0.3) is 0 Å². The molecule has 0 aliphatic heterocycles. The second kappa shape index (κ2) is 7.35. The van der Waals surface area contributed by atoms with Crippen molar-refractivity contribution in [2.75, 3.05) is 0 Å². The van der Waals surface area contributed by atoms with Gasteiger partial charge in [0.05, 0.1) is 11.6 Å². The number of H-pyrrole nitrogens is 1. The molecule has 0 radical (unpaired) electrons. The molecule has 0 aliphatic rings. The number of ether oxygens (including phenoxy) is 1. The lowest BCUT2D eigenvalue weighted by Gasteiger charge is -2.05. The Kier molecular flexibility index (Phi) is 4.99. The quantitative estimate of drug-likeness (QED) is 0.701. The smallest absolute Gasteiger partial charge is 0.273 e. The van der Waals surface area contributed by atoms with Gasteiger partial charge in [-0.05, 0) is 25.1 Å². The molecule has 0 bridgehead atoms. The predicted octanol–water partition coefficient (Wildman–Crippen LogP) is 3.01. The van der Waals surface area contributed by atoms with Gasteiger partial charge in [0, 0.05) is 11.9 Å². The maximum atomic E-state index is 13.0. The number of amides is 1. The molecule has 0 saturated carbocycles. The minimum absolute atomic E-state index is 0.0456. The van der Waals surface area contributed by atoms with Crippen molar-refractivity contribution in [3.05, 3.63) is 64.6 Å². The number of imidazole rings is 1. The van der Waals surface area contributed by atoms with Gasteiger partial charge in [0.2, 0.25) is 5.89 Å². The summed E-state index contributed by atoms with van der Waals surface area (Å²) in [7, 11) is 0. The number of hydrogen-bond donors (Lipinski definition) is 2. The number of halogens is 2. The highest BCUT2D eigenvalue weighted by Crippen LogP contribution is 2.25. The Balaban J connectivity index is 1.55. The normalized spacial score (nSPS) is 10.7. The Labute approximate surface area is 147 Å². The van der Waals surface area contributed by atoms with Crippen LogP contribution in [0.5, 0.6) is 5.75 Å². The molecule has 0 aliphatic carbocycles. The van der Waals surface area contributed by atoms with Crippen LogP contribution >= 0.6 is 11.6 Å². The van der Waals surface area contributed by atoms with E-state index in [-0.39, 0.29) is 29.8 Å². The average molecular weight is 365 g/mol. The van der Waals surface area contributed by atoms with Crippen LogP contribution in [0.3, 0.4) is 0 Å². The van der Waals surface area contributed by atoms with Gasteiger partial charge in [0.15, 0.2) is 12.3 Å². The number of rotatable bonds is 6. The average Bonchev–Trinajstić information content (AvgIpc) is 3.21. The topological polar surface area (TPSA) is 93.0 Å². The first-order valence-electron chi connectivity index (χ1n) is 7.32. The molecule has 9 heteroatoms. The van der Waals surface area contributed by atoms with Crippen LogP contribution in [0.4, 0.5) is 4.39 Å². The van der Waals surface area contributed by atoms with Crippen molar-refractivity contribution in [3.63, 3.8) is 0 Å². The number of aryl methyl sites for hydroxylation is 1. The van der Waals surface area contributed by atoms with Crippen LogP contribution in [0, 0.1) is 12.7 Å². The van der Waals surface area contributed by atoms with Gasteiger partial charge in [-0.15, -0.1) is 0 Å².